The molecule has 4 nitrogen and oxygen atoms in total. The number of nitrogen functional groups attached to an aromatic ring is 1. The van der Waals surface area contributed by atoms with Gasteiger partial charge in [-0.15, -0.1) is 0 Å². The fourth-order valence-corrected chi connectivity index (χ4v) is 2.87. The van der Waals surface area contributed by atoms with E-state index < -0.39 is 11.1 Å². The molecule has 0 aliphatic carbocycles. The minimum absolute atomic E-state index is 0.369. The second-order valence-corrected chi connectivity index (χ2v) is 5.89. The van der Waals surface area contributed by atoms with Gasteiger partial charge in [-0.05, 0) is 35.9 Å². The van der Waals surface area contributed by atoms with Gasteiger partial charge in [-0.25, -0.2) is 4.21 Å². The van der Waals surface area contributed by atoms with Crippen molar-refractivity contribution in [2.45, 2.75) is 4.90 Å². The molecule has 0 saturated carbocycles. The van der Waals surface area contributed by atoms with E-state index in [1.165, 1.54) is 0 Å². The summed E-state index contributed by atoms with van der Waals surface area (Å²) in [7, 11) is 0. The number of benzene rings is 3. The summed E-state index contributed by atoms with van der Waals surface area (Å²) >= 11 is -2.05. The molecule has 0 aliphatic heterocycles. The minimum Gasteiger partial charge on any atom is -0.457 e. The number of ether oxygens (including phenoxy) is 1. The number of rotatable bonds is 4. The zero-order valence-electron chi connectivity index (χ0n) is 12.2. The molecule has 3 N–H and O–H groups in total. The summed E-state index contributed by atoms with van der Waals surface area (Å²) in [6, 6.07) is 21.5. The summed E-state index contributed by atoms with van der Waals surface area (Å²) in [5.74, 6) is 1.27. The molecule has 0 aliphatic rings. The van der Waals surface area contributed by atoms with E-state index in [1.54, 1.807) is 24.3 Å². The average Bonchev–Trinajstić information content (AvgIpc) is 2.55. The molecule has 0 bridgehead atoms. The molecule has 0 amide bonds. The van der Waals surface area contributed by atoms with Gasteiger partial charge in [0.15, 0.2) is 11.1 Å². The third-order valence-electron chi connectivity index (χ3n) is 3.31. The van der Waals surface area contributed by atoms with Crippen molar-refractivity contribution < 1.29 is 13.5 Å². The second-order valence-electron chi connectivity index (χ2n) is 4.95. The molecule has 0 heterocycles. The molecule has 3 aromatic carbocycles. The maximum Gasteiger partial charge on any atom is 0.187 e. The molecule has 0 aromatic heterocycles. The van der Waals surface area contributed by atoms with Crippen LogP contribution in [0.25, 0.3) is 11.1 Å². The molecule has 0 radical (unpaired) electrons. The number of hydrogen-bond acceptors (Lipinski definition) is 3. The smallest absolute Gasteiger partial charge is 0.187 e. The zero-order valence-corrected chi connectivity index (χ0v) is 13.0. The van der Waals surface area contributed by atoms with Crippen LogP contribution >= 0.6 is 0 Å². The Kier molecular flexibility index (Phi) is 4.41. The van der Waals surface area contributed by atoms with Crippen molar-refractivity contribution in [3.63, 3.8) is 0 Å². The van der Waals surface area contributed by atoms with Crippen molar-refractivity contribution in [2.24, 2.45) is 0 Å². The highest BCUT2D eigenvalue weighted by Gasteiger charge is 2.10. The molecule has 1 unspecified atom stereocenters. The van der Waals surface area contributed by atoms with Crippen LogP contribution < -0.4 is 10.5 Å². The highest BCUT2D eigenvalue weighted by molar-refractivity contribution is 7.79. The minimum atomic E-state index is -2.05. The predicted octanol–water partition coefficient (Wildman–Crippen LogP) is 4.31. The van der Waals surface area contributed by atoms with Crippen molar-refractivity contribution in [2.75, 3.05) is 5.73 Å². The van der Waals surface area contributed by atoms with Gasteiger partial charge in [-0.2, -0.15) is 0 Å². The van der Waals surface area contributed by atoms with Crippen molar-refractivity contribution in [1.82, 2.24) is 0 Å². The quantitative estimate of drug-likeness (QED) is 0.554. The Labute approximate surface area is 136 Å². The molecular weight excluding hydrogens is 310 g/mol. The van der Waals surface area contributed by atoms with Crippen LogP contribution in [0.5, 0.6) is 11.5 Å². The van der Waals surface area contributed by atoms with Crippen LogP contribution in [0.1, 0.15) is 0 Å². The maximum atomic E-state index is 11.5. The van der Waals surface area contributed by atoms with Gasteiger partial charge >= 0.3 is 0 Å². The summed E-state index contributed by atoms with van der Waals surface area (Å²) in [5.41, 5.74) is 7.88. The standard InChI is InChI=1S/C18H15NO3S/c19-14-6-4-8-16(12-14)22-15-7-3-5-13(11-15)17-9-1-2-10-18(17)23(20)21/h1-12H,19H2,(H,20,21). The van der Waals surface area contributed by atoms with Crippen molar-refractivity contribution in [1.29, 1.82) is 0 Å². The van der Waals surface area contributed by atoms with Crippen LogP contribution in [-0.2, 0) is 11.1 Å². The molecule has 1 atom stereocenters. The Bertz CT molecular complexity index is 864. The number of hydrogen-bond donors (Lipinski definition) is 2. The van der Waals surface area contributed by atoms with Gasteiger partial charge in [0.05, 0.1) is 4.90 Å². The molecule has 0 spiro atoms. The largest absolute Gasteiger partial charge is 0.457 e. The molecule has 5 heteroatoms. The Hall–Kier alpha value is -2.63. The molecule has 0 fully saturated rings. The van der Waals surface area contributed by atoms with E-state index in [0.29, 0.717) is 27.6 Å². The highest BCUT2D eigenvalue weighted by atomic mass is 32.2. The Morgan fingerprint density at radius 3 is 2.30 bits per heavy atom. The fraction of sp³-hybridized carbons (Fsp3) is 0. The number of anilines is 1. The molecule has 23 heavy (non-hydrogen) atoms. The van der Waals surface area contributed by atoms with Gasteiger partial charge in [-0.1, -0.05) is 36.4 Å². The van der Waals surface area contributed by atoms with Crippen LogP contribution in [0, 0.1) is 0 Å². The Morgan fingerprint density at radius 2 is 1.57 bits per heavy atom. The Morgan fingerprint density at radius 1 is 0.870 bits per heavy atom. The van der Waals surface area contributed by atoms with Gasteiger partial charge in [0.25, 0.3) is 0 Å². The van der Waals surface area contributed by atoms with Crippen LogP contribution in [0.15, 0.2) is 77.7 Å². The lowest BCUT2D eigenvalue weighted by Crippen LogP contribution is -1.93. The van der Waals surface area contributed by atoms with Crippen molar-refractivity contribution in [3.8, 4) is 22.6 Å². The van der Waals surface area contributed by atoms with E-state index >= 15 is 0 Å². The van der Waals surface area contributed by atoms with Gasteiger partial charge in [0.2, 0.25) is 0 Å². The summed E-state index contributed by atoms with van der Waals surface area (Å²) in [4.78, 5) is 0.369. The highest BCUT2D eigenvalue weighted by Crippen LogP contribution is 2.30. The lowest BCUT2D eigenvalue weighted by molar-refractivity contribution is 0.483. The van der Waals surface area contributed by atoms with E-state index in [9.17, 15) is 8.76 Å². The summed E-state index contributed by atoms with van der Waals surface area (Å²) < 4.78 is 26.7. The van der Waals surface area contributed by atoms with Crippen LogP contribution in [0.3, 0.4) is 0 Å². The van der Waals surface area contributed by atoms with E-state index in [1.807, 2.05) is 48.5 Å². The third-order valence-corrected chi connectivity index (χ3v) is 4.05. The summed E-state index contributed by atoms with van der Waals surface area (Å²) in [5, 5.41) is 0. The van der Waals surface area contributed by atoms with E-state index in [4.69, 9.17) is 10.5 Å². The zero-order chi connectivity index (χ0) is 16.2. The van der Waals surface area contributed by atoms with E-state index in [0.717, 1.165) is 5.56 Å². The first-order chi connectivity index (χ1) is 11.1. The lowest BCUT2D eigenvalue weighted by Gasteiger charge is -2.10. The lowest BCUT2D eigenvalue weighted by atomic mass is 10.1. The molecule has 3 rings (SSSR count). The average molecular weight is 325 g/mol. The first-order valence-corrected chi connectivity index (χ1v) is 8.08. The second kappa shape index (κ2) is 6.64. The van der Waals surface area contributed by atoms with Crippen LogP contribution in [-0.4, -0.2) is 8.76 Å². The van der Waals surface area contributed by atoms with Crippen LogP contribution in [0.2, 0.25) is 0 Å². The Balaban J connectivity index is 1.96. The van der Waals surface area contributed by atoms with Gasteiger partial charge < -0.3 is 15.0 Å². The maximum absolute atomic E-state index is 11.5. The predicted molar refractivity (Wildman–Crippen MR) is 91.8 cm³/mol. The number of nitrogens with two attached hydrogens (primary N) is 1. The third kappa shape index (κ3) is 3.59. The van der Waals surface area contributed by atoms with Gasteiger partial charge in [0, 0.05) is 17.3 Å². The van der Waals surface area contributed by atoms with Gasteiger partial charge in [0.1, 0.15) is 11.5 Å². The van der Waals surface area contributed by atoms with E-state index in [-0.39, 0.29) is 0 Å². The summed E-state index contributed by atoms with van der Waals surface area (Å²) in [6.45, 7) is 0. The first kappa shape index (κ1) is 15.3. The van der Waals surface area contributed by atoms with Crippen molar-refractivity contribution >= 4 is 16.8 Å². The SMILES string of the molecule is Nc1cccc(Oc2cccc(-c3ccccc3S(=O)O)c2)c1. The monoisotopic (exact) mass is 325 g/mol. The molecule has 0 saturated heterocycles. The molecule has 116 valence electrons. The molecule has 3 aromatic rings. The fourth-order valence-electron chi connectivity index (χ4n) is 2.30. The molecular formula is C18H15NO3S. The van der Waals surface area contributed by atoms with Crippen LogP contribution in [0.4, 0.5) is 5.69 Å². The van der Waals surface area contributed by atoms with Crippen molar-refractivity contribution in [3.05, 3.63) is 72.8 Å². The summed E-state index contributed by atoms with van der Waals surface area (Å²) in [6.07, 6.45) is 0. The first-order valence-electron chi connectivity index (χ1n) is 6.97. The van der Waals surface area contributed by atoms with E-state index in [2.05, 4.69) is 0 Å². The normalized spacial score (nSPS) is 11.9. The topological polar surface area (TPSA) is 72.5 Å². The van der Waals surface area contributed by atoms with Gasteiger partial charge in [-0.3, -0.25) is 0 Å².